The summed E-state index contributed by atoms with van der Waals surface area (Å²) < 4.78 is 15.2. The fraction of sp³-hybridized carbons (Fsp3) is 0.211. The number of nitrogens with zero attached hydrogens (tertiary/aromatic N) is 6. The maximum atomic E-state index is 5.93. The van der Waals surface area contributed by atoms with Gasteiger partial charge in [0, 0.05) is 6.42 Å². The maximum Gasteiger partial charge on any atom is 0.346 e. The molecule has 0 saturated carbocycles. The summed E-state index contributed by atoms with van der Waals surface area (Å²) in [5.41, 5.74) is 5.03. The van der Waals surface area contributed by atoms with Gasteiger partial charge in [-0.1, -0.05) is 36.3 Å². The highest BCUT2D eigenvalue weighted by molar-refractivity contribution is 7.71. The molecular formula is C19H20N8O2S. The number of ether oxygens (including phenoxy) is 2. The van der Waals surface area contributed by atoms with E-state index in [0.717, 1.165) is 23.5 Å². The van der Waals surface area contributed by atoms with Crippen LogP contribution in [0.3, 0.4) is 0 Å². The first-order valence-electron chi connectivity index (χ1n) is 9.28. The number of para-hydroxylation sites is 1. The number of aromatic nitrogens is 7. The molecule has 0 spiro atoms. The van der Waals surface area contributed by atoms with Gasteiger partial charge in [-0.2, -0.15) is 9.78 Å². The molecule has 30 heavy (non-hydrogen) atoms. The van der Waals surface area contributed by atoms with Crippen molar-refractivity contribution < 1.29 is 9.47 Å². The van der Waals surface area contributed by atoms with Crippen LogP contribution in [0.25, 0.3) is 5.69 Å². The number of aryl methyl sites for hydroxylation is 1. The van der Waals surface area contributed by atoms with Gasteiger partial charge in [0.2, 0.25) is 4.77 Å². The molecule has 0 aliphatic carbocycles. The second-order valence-electron chi connectivity index (χ2n) is 6.26. The molecule has 0 fully saturated rings. The number of hydrogen-bond acceptors (Lipinski definition) is 8. The zero-order valence-corrected chi connectivity index (χ0v) is 17.3. The number of tetrazole rings is 1. The standard InChI is InChI=1S/C19H20N8O2S/c1-3-17-21-23-19(30)27(17)20-12-13-9-10-15(16(11-13)28-2)29-18-22-24-25-26(18)14-7-5-4-6-8-14/h4-11,20H,3,12H2,1-2H3,(H,23,30). The van der Waals surface area contributed by atoms with Crippen molar-refractivity contribution >= 4 is 12.2 Å². The Morgan fingerprint density at radius 3 is 2.73 bits per heavy atom. The summed E-state index contributed by atoms with van der Waals surface area (Å²) in [6.45, 7) is 2.54. The van der Waals surface area contributed by atoms with Crippen LogP contribution in [0.1, 0.15) is 18.3 Å². The van der Waals surface area contributed by atoms with Crippen LogP contribution in [0.2, 0.25) is 0 Å². The lowest BCUT2D eigenvalue weighted by Gasteiger charge is -2.13. The normalized spacial score (nSPS) is 10.7. The van der Waals surface area contributed by atoms with Gasteiger partial charge in [-0.05, 0) is 52.5 Å². The maximum absolute atomic E-state index is 5.93. The molecule has 154 valence electrons. The molecule has 0 aliphatic heterocycles. The molecule has 2 N–H and O–H groups in total. The van der Waals surface area contributed by atoms with Gasteiger partial charge in [-0.15, -0.1) is 0 Å². The van der Waals surface area contributed by atoms with Gasteiger partial charge in [0.1, 0.15) is 0 Å². The van der Waals surface area contributed by atoms with Gasteiger partial charge in [-0.3, -0.25) is 5.10 Å². The Balaban J connectivity index is 1.53. The first-order chi connectivity index (χ1) is 14.7. The lowest BCUT2D eigenvalue weighted by molar-refractivity contribution is 0.363. The highest BCUT2D eigenvalue weighted by Crippen LogP contribution is 2.32. The summed E-state index contributed by atoms with van der Waals surface area (Å²) in [6.07, 6.45) is 0.756. The Kier molecular flexibility index (Phi) is 5.70. The van der Waals surface area contributed by atoms with Gasteiger partial charge in [-0.25, -0.2) is 4.68 Å². The smallest absolute Gasteiger partial charge is 0.346 e. The van der Waals surface area contributed by atoms with Crippen molar-refractivity contribution in [1.82, 2.24) is 35.1 Å². The fourth-order valence-corrected chi connectivity index (χ4v) is 3.09. The fourth-order valence-electron chi connectivity index (χ4n) is 2.88. The minimum absolute atomic E-state index is 0.239. The van der Waals surface area contributed by atoms with Crippen LogP contribution in [0.15, 0.2) is 48.5 Å². The van der Waals surface area contributed by atoms with E-state index in [1.807, 2.05) is 55.5 Å². The number of rotatable bonds is 8. The number of nitrogens with one attached hydrogen (secondary N) is 2. The molecule has 2 aromatic carbocycles. The molecule has 4 aromatic rings. The van der Waals surface area contributed by atoms with Gasteiger partial charge in [0.15, 0.2) is 17.3 Å². The van der Waals surface area contributed by atoms with Gasteiger partial charge >= 0.3 is 6.01 Å². The van der Waals surface area contributed by atoms with Crippen molar-refractivity contribution in [2.24, 2.45) is 0 Å². The first kappa shape index (κ1) is 19.6. The number of benzene rings is 2. The predicted molar refractivity (Wildman–Crippen MR) is 112 cm³/mol. The molecule has 10 nitrogen and oxygen atoms in total. The molecule has 0 radical (unpaired) electrons. The number of methoxy groups -OCH3 is 1. The van der Waals surface area contributed by atoms with E-state index >= 15 is 0 Å². The molecule has 0 atom stereocenters. The zero-order chi connectivity index (χ0) is 20.9. The predicted octanol–water partition coefficient (Wildman–Crippen LogP) is 3.02. The van der Waals surface area contributed by atoms with Crippen LogP contribution in [0.4, 0.5) is 0 Å². The Labute approximate surface area is 177 Å². The lowest BCUT2D eigenvalue weighted by atomic mass is 10.2. The van der Waals surface area contributed by atoms with Crippen LogP contribution in [-0.4, -0.2) is 42.2 Å². The van der Waals surface area contributed by atoms with E-state index in [0.29, 0.717) is 22.8 Å². The summed E-state index contributed by atoms with van der Waals surface area (Å²) in [5, 5.41) is 18.7. The van der Waals surface area contributed by atoms with Crippen molar-refractivity contribution in [3.63, 3.8) is 0 Å². The van der Waals surface area contributed by atoms with Crippen molar-refractivity contribution in [3.05, 3.63) is 64.7 Å². The van der Waals surface area contributed by atoms with Crippen LogP contribution >= 0.6 is 12.2 Å². The van der Waals surface area contributed by atoms with Crippen LogP contribution in [0.5, 0.6) is 17.5 Å². The topological polar surface area (TPSA) is 108 Å². The van der Waals surface area contributed by atoms with Crippen molar-refractivity contribution in [1.29, 1.82) is 0 Å². The molecule has 0 bridgehead atoms. The molecule has 2 aromatic heterocycles. The Bertz CT molecular complexity index is 1180. The first-order valence-corrected chi connectivity index (χ1v) is 9.69. The van der Waals surface area contributed by atoms with E-state index in [4.69, 9.17) is 21.7 Å². The summed E-state index contributed by atoms with van der Waals surface area (Å²) in [7, 11) is 1.58. The molecule has 0 saturated heterocycles. The molecule has 0 unspecified atom stereocenters. The van der Waals surface area contributed by atoms with Gasteiger partial charge in [0.25, 0.3) is 0 Å². The monoisotopic (exact) mass is 424 g/mol. The average Bonchev–Trinajstić information content (AvgIpc) is 3.39. The second-order valence-corrected chi connectivity index (χ2v) is 6.65. The van der Waals surface area contributed by atoms with Crippen LogP contribution in [-0.2, 0) is 13.0 Å². The third-order valence-electron chi connectivity index (χ3n) is 4.37. The molecule has 0 aliphatic rings. The van der Waals surface area contributed by atoms with E-state index in [2.05, 4.69) is 31.1 Å². The van der Waals surface area contributed by atoms with E-state index < -0.39 is 0 Å². The minimum Gasteiger partial charge on any atom is -0.493 e. The van der Waals surface area contributed by atoms with E-state index in [-0.39, 0.29) is 6.01 Å². The number of aromatic amines is 1. The van der Waals surface area contributed by atoms with Gasteiger partial charge in [0.05, 0.1) is 19.3 Å². The third kappa shape index (κ3) is 4.01. The highest BCUT2D eigenvalue weighted by Gasteiger charge is 2.14. The minimum atomic E-state index is 0.239. The summed E-state index contributed by atoms with van der Waals surface area (Å²) in [4.78, 5) is 0. The zero-order valence-electron chi connectivity index (χ0n) is 16.4. The van der Waals surface area contributed by atoms with E-state index in [1.165, 1.54) is 4.68 Å². The van der Waals surface area contributed by atoms with Crippen LogP contribution in [0, 0.1) is 4.77 Å². The Morgan fingerprint density at radius 1 is 1.13 bits per heavy atom. The molecule has 11 heteroatoms. The molecule has 2 heterocycles. The molecular weight excluding hydrogens is 404 g/mol. The SMILES string of the molecule is CCc1n[nH]c(=S)n1NCc1ccc(Oc2nnnn2-c2ccccc2)c(OC)c1. The lowest BCUT2D eigenvalue weighted by Crippen LogP contribution is -2.17. The van der Waals surface area contributed by atoms with Crippen LogP contribution < -0.4 is 14.9 Å². The Hall–Kier alpha value is -3.73. The van der Waals surface area contributed by atoms with E-state index in [9.17, 15) is 0 Å². The van der Waals surface area contributed by atoms with Crippen molar-refractivity contribution in [2.75, 3.05) is 12.5 Å². The van der Waals surface area contributed by atoms with Gasteiger partial charge < -0.3 is 14.9 Å². The summed E-state index contributed by atoms with van der Waals surface area (Å²) in [5.74, 6) is 1.89. The van der Waals surface area contributed by atoms with E-state index in [1.54, 1.807) is 11.8 Å². The Morgan fingerprint density at radius 2 is 1.97 bits per heavy atom. The molecule has 0 amide bonds. The highest BCUT2D eigenvalue weighted by atomic mass is 32.1. The number of hydrogen-bond donors (Lipinski definition) is 2. The van der Waals surface area contributed by atoms with Crippen molar-refractivity contribution in [2.45, 2.75) is 19.9 Å². The molecule has 4 rings (SSSR count). The number of H-pyrrole nitrogens is 1. The quantitative estimate of drug-likeness (QED) is 0.416. The average molecular weight is 424 g/mol. The largest absolute Gasteiger partial charge is 0.493 e. The third-order valence-corrected chi connectivity index (χ3v) is 4.64. The second kappa shape index (κ2) is 8.74. The summed E-state index contributed by atoms with van der Waals surface area (Å²) >= 11 is 5.26. The summed E-state index contributed by atoms with van der Waals surface area (Å²) in [6, 6.07) is 15.4. The van der Waals surface area contributed by atoms with Crippen molar-refractivity contribution in [3.8, 4) is 23.2 Å².